The maximum atomic E-state index is 12.8. The summed E-state index contributed by atoms with van der Waals surface area (Å²) in [5.41, 5.74) is 3.61. The van der Waals surface area contributed by atoms with E-state index in [4.69, 9.17) is 0 Å². The number of rotatable bonds is 8. The topological polar surface area (TPSA) is 40.6 Å². The largest absolute Gasteiger partial charge is 0.303 e. The summed E-state index contributed by atoms with van der Waals surface area (Å²) in [7, 11) is -0.942. The second-order valence-corrected chi connectivity index (χ2v) is 12.4. The second kappa shape index (κ2) is 10.3. The minimum atomic E-state index is -3.16. The van der Waals surface area contributed by atoms with Crippen molar-refractivity contribution in [3.05, 3.63) is 102 Å². The highest BCUT2D eigenvalue weighted by molar-refractivity contribution is 7.91. The Morgan fingerprint density at radius 3 is 2.23 bits per heavy atom. The number of likely N-dealkylation sites (tertiary alicyclic amines) is 1. The van der Waals surface area contributed by atoms with Gasteiger partial charge in [0.25, 0.3) is 0 Å². The number of likely N-dealkylation sites (N-methyl/N-ethyl adjacent to an activating group) is 1. The van der Waals surface area contributed by atoms with Crippen molar-refractivity contribution in [1.82, 2.24) is 9.80 Å². The van der Waals surface area contributed by atoms with Crippen molar-refractivity contribution in [2.24, 2.45) is 0 Å². The van der Waals surface area contributed by atoms with Crippen LogP contribution in [0.3, 0.4) is 0 Å². The van der Waals surface area contributed by atoms with Gasteiger partial charge in [0, 0.05) is 18.5 Å². The summed E-state index contributed by atoms with van der Waals surface area (Å²) < 4.78 is 25.6. The summed E-state index contributed by atoms with van der Waals surface area (Å²) in [6.45, 7) is 4.94. The minimum absolute atomic E-state index is 0.194. The third-order valence-electron chi connectivity index (χ3n) is 7.97. The number of nitrogens with zero attached hydrogens (tertiary/aromatic N) is 2. The highest BCUT2D eigenvalue weighted by Crippen LogP contribution is 2.46. The number of hydrogen-bond donors (Lipinski definition) is 0. The lowest BCUT2D eigenvalue weighted by Crippen LogP contribution is -2.44. The Bertz CT molecular complexity index is 1220. The first-order chi connectivity index (χ1) is 17.0. The molecule has 0 aromatic heterocycles. The van der Waals surface area contributed by atoms with E-state index in [1.807, 2.05) is 18.2 Å². The van der Waals surface area contributed by atoms with Crippen LogP contribution in [0, 0.1) is 0 Å². The fourth-order valence-electron chi connectivity index (χ4n) is 6.08. The number of piperidine rings is 1. The van der Waals surface area contributed by atoms with Gasteiger partial charge in [-0.25, -0.2) is 8.42 Å². The molecule has 2 aliphatic rings. The molecule has 35 heavy (non-hydrogen) atoms. The van der Waals surface area contributed by atoms with E-state index in [0.29, 0.717) is 10.8 Å². The van der Waals surface area contributed by atoms with Crippen LogP contribution in [0.5, 0.6) is 0 Å². The van der Waals surface area contributed by atoms with Gasteiger partial charge in [-0.05, 0) is 74.6 Å². The van der Waals surface area contributed by atoms with Crippen LogP contribution in [0.25, 0.3) is 0 Å². The highest BCUT2D eigenvalue weighted by Gasteiger charge is 2.48. The van der Waals surface area contributed by atoms with Crippen LogP contribution in [0.4, 0.5) is 0 Å². The van der Waals surface area contributed by atoms with Gasteiger partial charge in [-0.3, -0.25) is 0 Å². The molecule has 0 radical (unpaired) electrons. The van der Waals surface area contributed by atoms with Crippen molar-refractivity contribution in [2.75, 3.05) is 39.0 Å². The first kappa shape index (κ1) is 24.2. The van der Waals surface area contributed by atoms with Gasteiger partial charge in [0.1, 0.15) is 0 Å². The first-order valence-electron chi connectivity index (χ1n) is 12.8. The number of benzene rings is 3. The zero-order valence-corrected chi connectivity index (χ0v) is 21.5. The van der Waals surface area contributed by atoms with Crippen LogP contribution in [0.2, 0.25) is 0 Å². The summed E-state index contributed by atoms with van der Waals surface area (Å²) in [6, 6.07) is 29.2. The minimum Gasteiger partial charge on any atom is -0.303 e. The fourth-order valence-corrected chi connectivity index (χ4v) is 8.31. The van der Waals surface area contributed by atoms with Crippen LogP contribution < -0.4 is 0 Å². The van der Waals surface area contributed by atoms with Gasteiger partial charge in [0.15, 0.2) is 9.84 Å². The summed E-state index contributed by atoms with van der Waals surface area (Å²) in [5, 5.41) is 0. The van der Waals surface area contributed by atoms with Crippen molar-refractivity contribution in [2.45, 2.75) is 42.0 Å². The average molecular weight is 489 g/mol. The van der Waals surface area contributed by atoms with Crippen LogP contribution in [0.15, 0.2) is 89.8 Å². The van der Waals surface area contributed by atoms with E-state index in [1.54, 1.807) is 6.07 Å². The van der Waals surface area contributed by atoms with Gasteiger partial charge in [-0.1, -0.05) is 78.9 Å². The normalized spacial score (nSPS) is 19.6. The molecule has 0 amide bonds. The molecule has 0 bridgehead atoms. The number of sulfone groups is 1. The molecule has 0 N–H and O–H groups in total. The van der Waals surface area contributed by atoms with E-state index in [9.17, 15) is 8.42 Å². The van der Waals surface area contributed by atoms with Crippen LogP contribution in [-0.4, -0.2) is 57.2 Å². The van der Waals surface area contributed by atoms with Crippen LogP contribution in [-0.2, 0) is 21.8 Å². The number of fused-ring (bicyclic) bond motifs is 2. The van der Waals surface area contributed by atoms with Crippen molar-refractivity contribution >= 4 is 9.84 Å². The lowest BCUT2D eigenvalue weighted by atomic mass is 9.74. The summed E-state index contributed by atoms with van der Waals surface area (Å²) in [5.74, 6) is 0.748. The van der Waals surface area contributed by atoms with Gasteiger partial charge in [0.05, 0.1) is 10.6 Å². The molecule has 3 aromatic rings. The van der Waals surface area contributed by atoms with Gasteiger partial charge >= 0.3 is 0 Å². The second-order valence-electron chi connectivity index (χ2n) is 10.5. The Balaban J connectivity index is 1.22. The van der Waals surface area contributed by atoms with E-state index in [0.717, 1.165) is 57.5 Å². The van der Waals surface area contributed by atoms with Crippen LogP contribution >= 0.6 is 0 Å². The van der Waals surface area contributed by atoms with Gasteiger partial charge < -0.3 is 9.80 Å². The zero-order valence-electron chi connectivity index (χ0n) is 20.6. The molecule has 2 aliphatic heterocycles. The SMILES string of the molecule is CN(Cc1ccccc1)C[C@H](CCN1CCC2(CC1)CS(=O)(=O)c1ccccc12)c1ccccc1. The fraction of sp³-hybridized carbons (Fsp3) is 0.400. The molecule has 4 nitrogen and oxygen atoms in total. The lowest BCUT2D eigenvalue weighted by molar-refractivity contribution is 0.163. The van der Waals surface area contributed by atoms with Gasteiger partial charge in [-0.15, -0.1) is 0 Å². The van der Waals surface area contributed by atoms with Gasteiger partial charge in [0.2, 0.25) is 0 Å². The maximum Gasteiger partial charge on any atom is 0.179 e. The van der Waals surface area contributed by atoms with E-state index >= 15 is 0 Å². The Labute approximate surface area is 210 Å². The average Bonchev–Trinajstić information content (AvgIpc) is 3.10. The molecule has 1 saturated heterocycles. The van der Waals surface area contributed by atoms with Crippen LogP contribution in [0.1, 0.15) is 41.9 Å². The summed E-state index contributed by atoms with van der Waals surface area (Å²) >= 11 is 0. The highest BCUT2D eigenvalue weighted by atomic mass is 32.2. The molecule has 0 aliphatic carbocycles. The Morgan fingerprint density at radius 2 is 1.51 bits per heavy atom. The zero-order chi connectivity index (χ0) is 24.3. The Hall–Kier alpha value is -2.47. The molecule has 1 atom stereocenters. The molecule has 184 valence electrons. The summed E-state index contributed by atoms with van der Waals surface area (Å²) in [6.07, 6.45) is 2.95. The van der Waals surface area contributed by atoms with Gasteiger partial charge in [-0.2, -0.15) is 0 Å². The molecule has 5 heteroatoms. The molecule has 2 heterocycles. The van der Waals surface area contributed by atoms with Crippen molar-refractivity contribution in [3.8, 4) is 0 Å². The lowest BCUT2D eigenvalue weighted by Gasteiger charge is -2.40. The molecule has 1 fully saturated rings. The summed E-state index contributed by atoms with van der Waals surface area (Å²) in [4.78, 5) is 5.55. The van der Waals surface area contributed by atoms with Crippen molar-refractivity contribution in [1.29, 1.82) is 0 Å². The number of hydrogen-bond acceptors (Lipinski definition) is 4. The molecule has 0 saturated carbocycles. The molecule has 3 aromatic carbocycles. The predicted octanol–water partition coefficient (Wildman–Crippen LogP) is 5.11. The molecular weight excluding hydrogens is 452 g/mol. The standard InChI is InChI=1S/C30H36N2O2S/c1-31(22-25-10-4-2-5-11-25)23-27(26-12-6-3-7-13-26)16-19-32-20-17-30(18-21-32)24-35(33,34)29-15-9-8-14-28(29)30/h2-15,27H,16-24H2,1H3/t27-/m0/s1. The third kappa shape index (κ3) is 5.37. The molecular formula is C30H36N2O2S. The Morgan fingerprint density at radius 1 is 0.886 bits per heavy atom. The third-order valence-corrected chi connectivity index (χ3v) is 9.92. The quantitative estimate of drug-likeness (QED) is 0.442. The van der Waals surface area contributed by atoms with Crippen molar-refractivity contribution < 1.29 is 8.42 Å². The van der Waals surface area contributed by atoms with E-state index in [2.05, 4.69) is 77.5 Å². The maximum absolute atomic E-state index is 12.8. The monoisotopic (exact) mass is 488 g/mol. The smallest absolute Gasteiger partial charge is 0.179 e. The Kier molecular flexibility index (Phi) is 7.10. The molecule has 0 unspecified atom stereocenters. The molecule has 5 rings (SSSR count). The molecule has 1 spiro atoms. The van der Waals surface area contributed by atoms with E-state index in [-0.39, 0.29) is 11.2 Å². The first-order valence-corrected chi connectivity index (χ1v) is 14.4. The van der Waals surface area contributed by atoms with Crippen molar-refractivity contribution in [3.63, 3.8) is 0 Å². The van der Waals surface area contributed by atoms with E-state index in [1.165, 1.54) is 11.1 Å². The van der Waals surface area contributed by atoms with E-state index < -0.39 is 9.84 Å². The predicted molar refractivity (Wildman–Crippen MR) is 142 cm³/mol.